The third-order valence-corrected chi connectivity index (χ3v) is 4.65. The van der Waals surface area contributed by atoms with Crippen LogP contribution in [0.25, 0.3) is 17.1 Å². The minimum atomic E-state index is -0.411. The van der Waals surface area contributed by atoms with E-state index >= 15 is 0 Å². The van der Waals surface area contributed by atoms with Crippen molar-refractivity contribution in [2.45, 2.75) is 19.0 Å². The Kier molecular flexibility index (Phi) is 4.76. The Bertz CT molecular complexity index is 919. The SMILES string of the molecule is Cc1ccc(-n2c(SCC(N)=O)nnc2-c2ccc(O)cc2)c(C)c1. The lowest BCUT2D eigenvalue weighted by Crippen LogP contribution is -2.14. The highest BCUT2D eigenvalue weighted by atomic mass is 32.2. The quantitative estimate of drug-likeness (QED) is 0.687. The zero-order chi connectivity index (χ0) is 18.0. The lowest BCUT2D eigenvalue weighted by atomic mass is 10.1. The van der Waals surface area contributed by atoms with E-state index in [1.807, 2.05) is 30.5 Å². The van der Waals surface area contributed by atoms with E-state index in [2.05, 4.69) is 16.3 Å². The molecule has 3 aromatic rings. The van der Waals surface area contributed by atoms with Crippen LogP contribution in [0, 0.1) is 13.8 Å². The van der Waals surface area contributed by atoms with Crippen LogP contribution < -0.4 is 5.73 Å². The van der Waals surface area contributed by atoms with Gasteiger partial charge in [0.05, 0.1) is 11.4 Å². The molecule has 6 nitrogen and oxygen atoms in total. The highest BCUT2D eigenvalue weighted by molar-refractivity contribution is 7.99. The second-order valence-corrected chi connectivity index (χ2v) is 6.68. The fraction of sp³-hybridized carbons (Fsp3) is 0.167. The van der Waals surface area contributed by atoms with Crippen molar-refractivity contribution >= 4 is 17.7 Å². The number of rotatable bonds is 5. The van der Waals surface area contributed by atoms with Gasteiger partial charge in [-0.15, -0.1) is 10.2 Å². The molecule has 0 fully saturated rings. The molecular weight excluding hydrogens is 336 g/mol. The third-order valence-electron chi connectivity index (χ3n) is 3.70. The lowest BCUT2D eigenvalue weighted by Gasteiger charge is -2.13. The van der Waals surface area contributed by atoms with E-state index in [0.717, 1.165) is 22.4 Å². The Hall–Kier alpha value is -2.80. The Morgan fingerprint density at radius 2 is 1.88 bits per heavy atom. The second-order valence-electron chi connectivity index (χ2n) is 5.73. The van der Waals surface area contributed by atoms with Gasteiger partial charge in [0.25, 0.3) is 0 Å². The van der Waals surface area contributed by atoms with E-state index in [1.165, 1.54) is 11.8 Å². The van der Waals surface area contributed by atoms with E-state index in [1.54, 1.807) is 24.3 Å². The predicted molar refractivity (Wildman–Crippen MR) is 97.9 cm³/mol. The zero-order valence-corrected chi connectivity index (χ0v) is 14.7. The molecule has 0 bridgehead atoms. The molecule has 1 amide bonds. The van der Waals surface area contributed by atoms with E-state index < -0.39 is 5.91 Å². The summed E-state index contributed by atoms with van der Waals surface area (Å²) in [6.07, 6.45) is 0. The maximum absolute atomic E-state index is 11.2. The van der Waals surface area contributed by atoms with Crippen molar-refractivity contribution in [1.29, 1.82) is 0 Å². The molecule has 0 saturated carbocycles. The highest BCUT2D eigenvalue weighted by Crippen LogP contribution is 2.30. The first-order valence-corrected chi connectivity index (χ1v) is 8.68. The first kappa shape index (κ1) is 17.0. The molecule has 0 radical (unpaired) electrons. The summed E-state index contributed by atoms with van der Waals surface area (Å²) in [5.74, 6) is 0.536. The largest absolute Gasteiger partial charge is 0.508 e. The topological polar surface area (TPSA) is 94.0 Å². The standard InChI is InChI=1S/C18H18N4O2S/c1-11-3-8-15(12(2)9-11)22-17(13-4-6-14(23)7-5-13)20-21-18(22)25-10-16(19)24/h3-9,23H,10H2,1-2H3,(H2,19,24). The highest BCUT2D eigenvalue weighted by Gasteiger charge is 2.18. The summed E-state index contributed by atoms with van der Waals surface area (Å²) < 4.78 is 1.91. The van der Waals surface area contributed by atoms with Crippen molar-refractivity contribution < 1.29 is 9.90 Å². The number of thioether (sulfide) groups is 1. The monoisotopic (exact) mass is 354 g/mol. The fourth-order valence-corrected chi connectivity index (χ4v) is 3.25. The molecule has 0 aliphatic carbocycles. The molecule has 0 atom stereocenters. The minimum absolute atomic E-state index is 0.124. The Morgan fingerprint density at radius 3 is 2.52 bits per heavy atom. The number of hydrogen-bond acceptors (Lipinski definition) is 5. The summed E-state index contributed by atoms with van der Waals surface area (Å²) in [6.45, 7) is 4.05. The van der Waals surface area contributed by atoms with Crippen LogP contribution in [0.2, 0.25) is 0 Å². The van der Waals surface area contributed by atoms with Crippen LogP contribution in [-0.4, -0.2) is 31.5 Å². The first-order chi connectivity index (χ1) is 12.0. The second kappa shape index (κ2) is 6.98. The number of phenols is 1. The molecule has 128 valence electrons. The Labute approximate surface area is 149 Å². The number of aromatic nitrogens is 3. The number of nitrogens with two attached hydrogens (primary N) is 1. The summed E-state index contributed by atoms with van der Waals surface area (Å²) in [5.41, 5.74) is 9.25. The van der Waals surface area contributed by atoms with Gasteiger partial charge in [0.15, 0.2) is 11.0 Å². The third kappa shape index (κ3) is 3.66. The molecule has 1 heterocycles. The molecule has 0 aliphatic heterocycles. The van der Waals surface area contributed by atoms with Gasteiger partial charge in [-0.2, -0.15) is 0 Å². The van der Waals surface area contributed by atoms with Gasteiger partial charge < -0.3 is 10.8 Å². The number of phenolic OH excluding ortho intramolecular Hbond substituents is 1. The lowest BCUT2D eigenvalue weighted by molar-refractivity contribution is -0.115. The molecule has 3 N–H and O–H groups in total. The number of carbonyl (C=O) groups excluding carboxylic acids is 1. The number of hydrogen-bond donors (Lipinski definition) is 2. The van der Waals surface area contributed by atoms with E-state index in [-0.39, 0.29) is 11.5 Å². The normalized spacial score (nSPS) is 10.8. The molecule has 7 heteroatoms. The van der Waals surface area contributed by atoms with Crippen LogP contribution in [0.15, 0.2) is 47.6 Å². The van der Waals surface area contributed by atoms with Crippen LogP contribution >= 0.6 is 11.8 Å². The van der Waals surface area contributed by atoms with E-state index in [9.17, 15) is 9.90 Å². The van der Waals surface area contributed by atoms with Gasteiger partial charge in [-0.05, 0) is 49.7 Å². The van der Waals surface area contributed by atoms with E-state index in [0.29, 0.717) is 11.0 Å². The number of amides is 1. The van der Waals surface area contributed by atoms with Crippen molar-refractivity contribution in [1.82, 2.24) is 14.8 Å². The van der Waals surface area contributed by atoms with Crippen LogP contribution in [0.1, 0.15) is 11.1 Å². The maximum atomic E-state index is 11.2. The number of benzene rings is 2. The number of aryl methyl sites for hydroxylation is 2. The van der Waals surface area contributed by atoms with Crippen LogP contribution in [0.5, 0.6) is 5.75 Å². The van der Waals surface area contributed by atoms with Crippen LogP contribution in [0.4, 0.5) is 0 Å². The van der Waals surface area contributed by atoms with Gasteiger partial charge in [0.2, 0.25) is 5.91 Å². The molecule has 0 aliphatic rings. The zero-order valence-electron chi connectivity index (χ0n) is 13.9. The number of primary amides is 1. The maximum Gasteiger partial charge on any atom is 0.227 e. The number of aromatic hydroxyl groups is 1. The van der Waals surface area contributed by atoms with Crippen molar-refractivity contribution in [3.8, 4) is 22.8 Å². The number of carbonyl (C=O) groups is 1. The van der Waals surface area contributed by atoms with E-state index in [4.69, 9.17) is 5.73 Å². The van der Waals surface area contributed by atoms with Crippen molar-refractivity contribution in [2.24, 2.45) is 5.73 Å². The molecule has 0 spiro atoms. The van der Waals surface area contributed by atoms with Gasteiger partial charge in [0, 0.05) is 5.56 Å². The summed E-state index contributed by atoms with van der Waals surface area (Å²) in [4.78, 5) is 11.2. The van der Waals surface area contributed by atoms with Gasteiger partial charge in [-0.3, -0.25) is 9.36 Å². The van der Waals surface area contributed by atoms with Gasteiger partial charge in [-0.25, -0.2) is 0 Å². The summed E-state index contributed by atoms with van der Waals surface area (Å²) >= 11 is 1.25. The average molecular weight is 354 g/mol. The Balaban J connectivity index is 2.15. The molecule has 0 unspecified atom stereocenters. The molecular formula is C18H18N4O2S. The van der Waals surface area contributed by atoms with Gasteiger partial charge in [0.1, 0.15) is 5.75 Å². The summed E-state index contributed by atoms with van der Waals surface area (Å²) in [6, 6.07) is 12.9. The van der Waals surface area contributed by atoms with Crippen molar-refractivity contribution in [3.05, 3.63) is 53.6 Å². The van der Waals surface area contributed by atoms with Gasteiger partial charge in [-0.1, -0.05) is 29.5 Å². The van der Waals surface area contributed by atoms with Crippen LogP contribution in [-0.2, 0) is 4.79 Å². The molecule has 25 heavy (non-hydrogen) atoms. The van der Waals surface area contributed by atoms with Crippen molar-refractivity contribution in [2.75, 3.05) is 5.75 Å². The molecule has 0 saturated heterocycles. The minimum Gasteiger partial charge on any atom is -0.508 e. The average Bonchev–Trinajstić information content (AvgIpc) is 2.97. The van der Waals surface area contributed by atoms with Gasteiger partial charge >= 0.3 is 0 Å². The van der Waals surface area contributed by atoms with Crippen LogP contribution in [0.3, 0.4) is 0 Å². The number of nitrogens with zero attached hydrogens (tertiary/aromatic N) is 3. The smallest absolute Gasteiger partial charge is 0.227 e. The first-order valence-electron chi connectivity index (χ1n) is 7.69. The Morgan fingerprint density at radius 1 is 1.16 bits per heavy atom. The summed E-state index contributed by atoms with van der Waals surface area (Å²) in [5, 5.41) is 18.6. The summed E-state index contributed by atoms with van der Waals surface area (Å²) in [7, 11) is 0. The predicted octanol–water partition coefficient (Wildman–Crippen LogP) is 2.83. The van der Waals surface area contributed by atoms with Crippen molar-refractivity contribution in [3.63, 3.8) is 0 Å². The fourth-order valence-electron chi connectivity index (χ4n) is 2.57. The molecule has 3 rings (SSSR count). The molecule has 1 aromatic heterocycles. The molecule has 2 aromatic carbocycles.